The summed E-state index contributed by atoms with van der Waals surface area (Å²) in [5.74, 6) is -0.402. The molecule has 0 radical (unpaired) electrons. The van der Waals surface area contributed by atoms with Crippen LogP contribution >= 0.6 is 27.3 Å². The highest BCUT2D eigenvalue weighted by Gasteiger charge is 2.29. The van der Waals surface area contributed by atoms with E-state index in [9.17, 15) is 4.79 Å². The molecule has 2 N–H and O–H groups in total. The first-order valence-corrected chi connectivity index (χ1v) is 5.92. The van der Waals surface area contributed by atoms with Gasteiger partial charge in [-0.2, -0.15) is 0 Å². The number of aromatic nitrogens is 2. The fourth-order valence-corrected chi connectivity index (χ4v) is 2.55. The predicted molar refractivity (Wildman–Crippen MR) is 58.8 cm³/mol. The highest BCUT2D eigenvalue weighted by Crippen LogP contribution is 2.26. The van der Waals surface area contributed by atoms with E-state index in [0.717, 1.165) is 0 Å². The van der Waals surface area contributed by atoms with Crippen LogP contribution in [0.3, 0.4) is 0 Å². The monoisotopic (exact) mass is 292 g/mol. The molecule has 15 heavy (non-hydrogen) atoms. The number of nitrogens with zero attached hydrogens (tertiary/aromatic N) is 3. The van der Waals surface area contributed by atoms with Crippen LogP contribution in [0.2, 0.25) is 0 Å². The maximum Gasteiger partial charge on any atom is 0.242 e. The van der Waals surface area contributed by atoms with Crippen LogP contribution < -0.4 is 10.6 Å². The van der Waals surface area contributed by atoms with Crippen molar-refractivity contribution in [3.63, 3.8) is 0 Å². The van der Waals surface area contributed by atoms with Crippen molar-refractivity contribution in [3.8, 4) is 0 Å². The van der Waals surface area contributed by atoms with Crippen molar-refractivity contribution in [2.75, 3.05) is 24.7 Å². The van der Waals surface area contributed by atoms with Crippen LogP contribution in [0.25, 0.3) is 0 Å². The molecule has 1 atom stereocenters. The second-order valence-electron chi connectivity index (χ2n) is 3.02. The number of carbonyl (C=O) groups is 1. The lowest BCUT2D eigenvalue weighted by Gasteiger charge is -2.32. The zero-order valence-electron chi connectivity index (χ0n) is 7.72. The lowest BCUT2D eigenvalue weighted by Crippen LogP contribution is -2.52. The maximum absolute atomic E-state index is 11.2. The SMILES string of the molecule is NC(=O)C1COCCN1c1nnc(Br)s1. The number of nitrogens with two attached hydrogens (primary N) is 1. The topological polar surface area (TPSA) is 81.3 Å². The minimum absolute atomic E-state index is 0.312. The average Bonchev–Trinajstić information content (AvgIpc) is 2.65. The zero-order valence-corrected chi connectivity index (χ0v) is 10.1. The smallest absolute Gasteiger partial charge is 0.242 e. The molecule has 82 valence electrons. The minimum Gasteiger partial charge on any atom is -0.377 e. The van der Waals surface area contributed by atoms with Gasteiger partial charge in [-0.15, -0.1) is 10.2 Å². The molecule has 1 unspecified atom stereocenters. The Bertz CT molecular complexity index is 372. The molecule has 0 aromatic carbocycles. The molecular formula is C7H9BrN4O2S. The first-order chi connectivity index (χ1) is 7.18. The Morgan fingerprint density at radius 3 is 3.07 bits per heavy atom. The van der Waals surface area contributed by atoms with Crippen molar-refractivity contribution in [1.82, 2.24) is 10.2 Å². The van der Waals surface area contributed by atoms with Gasteiger partial charge in [-0.05, 0) is 15.9 Å². The summed E-state index contributed by atoms with van der Waals surface area (Å²) in [5, 5.41) is 8.48. The predicted octanol–water partition coefficient (Wildman–Crippen LogP) is -0.00890. The van der Waals surface area contributed by atoms with Gasteiger partial charge in [0.1, 0.15) is 6.04 Å². The van der Waals surface area contributed by atoms with Gasteiger partial charge in [-0.1, -0.05) is 11.3 Å². The molecule has 0 saturated carbocycles. The molecular weight excluding hydrogens is 284 g/mol. The molecule has 1 aromatic heterocycles. The van der Waals surface area contributed by atoms with Gasteiger partial charge in [0.15, 0.2) is 3.92 Å². The summed E-state index contributed by atoms with van der Waals surface area (Å²) in [5.41, 5.74) is 5.29. The maximum atomic E-state index is 11.2. The molecule has 1 aliphatic rings. The Morgan fingerprint density at radius 1 is 1.67 bits per heavy atom. The van der Waals surface area contributed by atoms with Crippen LogP contribution in [0.1, 0.15) is 0 Å². The van der Waals surface area contributed by atoms with E-state index in [1.165, 1.54) is 11.3 Å². The zero-order chi connectivity index (χ0) is 10.8. The summed E-state index contributed by atoms with van der Waals surface area (Å²) >= 11 is 4.60. The van der Waals surface area contributed by atoms with E-state index in [2.05, 4.69) is 26.1 Å². The molecule has 1 amide bonds. The van der Waals surface area contributed by atoms with E-state index < -0.39 is 11.9 Å². The number of amides is 1. The summed E-state index contributed by atoms with van der Waals surface area (Å²) in [7, 11) is 0. The third kappa shape index (κ3) is 2.27. The Kier molecular flexibility index (Phi) is 3.17. The third-order valence-electron chi connectivity index (χ3n) is 2.09. The van der Waals surface area contributed by atoms with E-state index in [1.807, 2.05) is 4.90 Å². The van der Waals surface area contributed by atoms with E-state index in [0.29, 0.717) is 28.8 Å². The number of primary amides is 1. The molecule has 1 saturated heterocycles. The third-order valence-corrected chi connectivity index (χ3v) is 3.49. The number of hydrogen-bond donors (Lipinski definition) is 1. The Hall–Kier alpha value is -0.730. The average molecular weight is 293 g/mol. The van der Waals surface area contributed by atoms with Crippen LogP contribution in [-0.2, 0) is 9.53 Å². The van der Waals surface area contributed by atoms with Crippen LogP contribution in [0.4, 0.5) is 5.13 Å². The van der Waals surface area contributed by atoms with Gasteiger partial charge < -0.3 is 15.4 Å². The van der Waals surface area contributed by atoms with Crippen LogP contribution in [0.5, 0.6) is 0 Å². The van der Waals surface area contributed by atoms with Crippen molar-refractivity contribution in [2.45, 2.75) is 6.04 Å². The second-order valence-corrected chi connectivity index (χ2v) is 5.26. The molecule has 0 aliphatic carbocycles. The number of morpholine rings is 1. The van der Waals surface area contributed by atoms with E-state index in [4.69, 9.17) is 10.5 Å². The van der Waals surface area contributed by atoms with Gasteiger partial charge >= 0.3 is 0 Å². The van der Waals surface area contributed by atoms with Crippen LogP contribution in [0, 0.1) is 0 Å². The second kappa shape index (κ2) is 4.42. The molecule has 0 bridgehead atoms. The fraction of sp³-hybridized carbons (Fsp3) is 0.571. The first-order valence-electron chi connectivity index (χ1n) is 4.31. The molecule has 6 nitrogen and oxygen atoms in total. The van der Waals surface area contributed by atoms with E-state index >= 15 is 0 Å². The van der Waals surface area contributed by atoms with Gasteiger partial charge in [0, 0.05) is 6.54 Å². The minimum atomic E-state index is -0.446. The van der Waals surface area contributed by atoms with Gasteiger partial charge in [0.05, 0.1) is 13.2 Å². The number of carbonyl (C=O) groups excluding carboxylic acids is 1. The molecule has 0 spiro atoms. The fourth-order valence-electron chi connectivity index (χ4n) is 1.38. The molecule has 1 aliphatic heterocycles. The van der Waals surface area contributed by atoms with Crippen molar-refractivity contribution in [3.05, 3.63) is 3.92 Å². The number of hydrogen-bond acceptors (Lipinski definition) is 6. The Labute approximate surface area is 98.5 Å². The summed E-state index contributed by atoms with van der Waals surface area (Å²) < 4.78 is 5.89. The largest absolute Gasteiger partial charge is 0.377 e. The van der Waals surface area contributed by atoms with E-state index in [1.54, 1.807) is 0 Å². The summed E-state index contributed by atoms with van der Waals surface area (Å²) in [6, 6.07) is -0.446. The van der Waals surface area contributed by atoms with Gasteiger partial charge in [0.25, 0.3) is 0 Å². The molecule has 8 heteroatoms. The molecule has 2 rings (SSSR count). The van der Waals surface area contributed by atoms with Crippen molar-refractivity contribution < 1.29 is 9.53 Å². The standard InChI is InChI=1S/C7H9BrN4O2S/c8-6-10-11-7(15-6)12-1-2-14-3-4(12)5(9)13/h4H,1-3H2,(H2,9,13). The number of halogens is 1. The normalized spacial score (nSPS) is 21.7. The van der Waals surface area contributed by atoms with Crippen molar-refractivity contribution >= 4 is 38.3 Å². The quantitative estimate of drug-likeness (QED) is 0.829. The number of ether oxygens (including phenoxy) is 1. The molecule has 1 fully saturated rings. The molecule has 2 heterocycles. The Balaban J connectivity index is 2.21. The van der Waals surface area contributed by atoms with Crippen LogP contribution in [0.15, 0.2) is 3.92 Å². The summed E-state index contributed by atoms with van der Waals surface area (Å²) in [6.45, 7) is 1.49. The van der Waals surface area contributed by atoms with Crippen molar-refractivity contribution in [1.29, 1.82) is 0 Å². The molecule has 1 aromatic rings. The lowest BCUT2D eigenvalue weighted by molar-refractivity contribution is -0.121. The van der Waals surface area contributed by atoms with Gasteiger partial charge in [-0.3, -0.25) is 4.79 Å². The number of anilines is 1. The number of rotatable bonds is 2. The summed E-state index contributed by atoms with van der Waals surface area (Å²) in [6.07, 6.45) is 0. The summed E-state index contributed by atoms with van der Waals surface area (Å²) in [4.78, 5) is 13.0. The lowest BCUT2D eigenvalue weighted by atomic mass is 10.2. The van der Waals surface area contributed by atoms with E-state index in [-0.39, 0.29) is 0 Å². The Morgan fingerprint density at radius 2 is 2.47 bits per heavy atom. The highest BCUT2D eigenvalue weighted by molar-refractivity contribution is 9.11. The first kappa shape index (κ1) is 10.8. The van der Waals surface area contributed by atoms with Gasteiger partial charge in [-0.25, -0.2) is 0 Å². The highest BCUT2D eigenvalue weighted by atomic mass is 79.9. The van der Waals surface area contributed by atoms with Gasteiger partial charge in [0.2, 0.25) is 11.0 Å². The van der Waals surface area contributed by atoms with Crippen molar-refractivity contribution in [2.24, 2.45) is 5.73 Å². The van der Waals surface area contributed by atoms with Crippen LogP contribution in [-0.4, -0.2) is 41.9 Å².